The van der Waals surface area contributed by atoms with E-state index in [0.717, 1.165) is 0 Å². The van der Waals surface area contributed by atoms with Crippen LogP contribution in [0.1, 0.15) is 44.9 Å². The second-order valence-corrected chi connectivity index (χ2v) is 6.12. The lowest BCUT2D eigenvalue weighted by molar-refractivity contribution is -0.0482. The van der Waals surface area contributed by atoms with Crippen molar-refractivity contribution in [1.29, 1.82) is 0 Å². The largest absolute Gasteiger partial charge is 0.389 e. The van der Waals surface area contributed by atoms with Crippen LogP contribution in [0, 0.1) is 6.92 Å². The van der Waals surface area contributed by atoms with Crippen LogP contribution in [0.15, 0.2) is 24.3 Å². The summed E-state index contributed by atoms with van der Waals surface area (Å²) in [7, 11) is 0. The Hall–Kier alpha value is -0.900. The highest BCUT2D eigenvalue weighted by Crippen LogP contribution is 2.13. The molecule has 0 bridgehead atoms. The number of hydrogen-bond acceptors (Lipinski definition) is 3. The number of nitrogens with one attached hydrogen (secondary N) is 1. The molecule has 2 atom stereocenters. The van der Waals surface area contributed by atoms with Gasteiger partial charge < -0.3 is 15.2 Å². The van der Waals surface area contributed by atoms with Crippen LogP contribution in [0.25, 0.3) is 0 Å². The zero-order chi connectivity index (χ0) is 14.5. The highest BCUT2D eigenvalue weighted by molar-refractivity contribution is 5.23. The van der Waals surface area contributed by atoms with Gasteiger partial charge in [0.15, 0.2) is 0 Å². The molecular weight excluding hydrogens is 238 g/mol. The molecule has 3 nitrogen and oxygen atoms in total. The first-order valence-corrected chi connectivity index (χ1v) is 6.90. The molecule has 0 aliphatic carbocycles. The summed E-state index contributed by atoms with van der Waals surface area (Å²) < 4.78 is 5.55. The fraction of sp³-hybridized carbons (Fsp3) is 0.625. The molecule has 1 aromatic rings. The number of aliphatic hydroxyl groups is 1. The summed E-state index contributed by atoms with van der Waals surface area (Å²) in [6.45, 7) is 11.0. The second-order valence-electron chi connectivity index (χ2n) is 6.12. The third-order valence-corrected chi connectivity index (χ3v) is 2.95. The topological polar surface area (TPSA) is 41.5 Å². The van der Waals surface area contributed by atoms with Gasteiger partial charge in [-0.25, -0.2) is 0 Å². The molecule has 0 aliphatic rings. The third-order valence-electron chi connectivity index (χ3n) is 2.95. The van der Waals surface area contributed by atoms with E-state index in [1.54, 1.807) is 0 Å². The van der Waals surface area contributed by atoms with Gasteiger partial charge in [-0.1, -0.05) is 29.8 Å². The third kappa shape index (κ3) is 6.71. The van der Waals surface area contributed by atoms with Gasteiger partial charge in [0.1, 0.15) is 0 Å². The van der Waals surface area contributed by atoms with Crippen molar-refractivity contribution in [3.8, 4) is 0 Å². The number of ether oxygens (including phenoxy) is 1. The molecule has 1 rings (SSSR count). The van der Waals surface area contributed by atoms with Gasteiger partial charge in [0.05, 0.1) is 18.3 Å². The van der Waals surface area contributed by atoms with Crippen molar-refractivity contribution in [2.75, 3.05) is 13.2 Å². The van der Waals surface area contributed by atoms with Gasteiger partial charge >= 0.3 is 0 Å². The molecule has 0 spiro atoms. The molecule has 0 fully saturated rings. The number of aliphatic hydroxyl groups excluding tert-OH is 1. The van der Waals surface area contributed by atoms with Crippen molar-refractivity contribution >= 4 is 0 Å². The SMILES string of the molecule is Cc1ccc([C@H](C)NCC(O)COC(C)(C)C)cc1. The Kier molecular flexibility index (Phi) is 5.98. The smallest absolute Gasteiger partial charge is 0.0898 e. The van der Waals surface area contributed by atoms with Gasteiger partial charge in [-0.15, -0.1) is 0 Å². The second kappa shape index (κ2) is 7.04. The summed E-state index contributed by atoms with van der Waals surface area (Å²) in [5.74, 6) is 0. The van der Waals surface area contributed by atoms with Gasteiger partial charge in [0.25, 0.3) is 0 Å². The van der Waals surface area contributed by atoms with E-state index in [4.69, 9.17) is 4.74 Å². The van der Waals surface area contributed by atoms with E-state index in [1.165, 1.54) is 11.1 Å². The van der Waals surface area contributed by atoms with Gasteiger partial charge in [0.2, 0.25) is 0 Å². The summed E-state index contributed by atoms with van der Waals surface area (Å²) in [6, 6.07) is 8.67. The first kappa shape index (κ1) is 16.2. The lowest BCUT2D eigenvalue weighted by Crippen LogP contribution is -2.34. The summed E-state index contributed by atoms with van der Waals surface area (Å²) in [6.07, 6.45) is -0.480. The first-order valence-electron chi connectivity index (χ1n) is 6.90. The Morgan fingerprint density at radius 3 is 2.32 bits per heavy atom. The van der Waals surface area contributed by atoms with Crippen molar-refractivity contribution in [2.24, 2.45) is 0 Å². The molecule has 19 heavy (non-hydrogen) atoms. The predicted octanol–water partition coefficient (Wildman–Crippen LogP) is 2.82. The number of benzene rings is 1. The van der Waals surface area contributed by atoms with Crippen molar-refractivity contribution in [2.45, 2.75) is 52.4 Å². The van der Waals surface area contributed by atoms with Crippen molar-refractivity contribution < 1.29 is 9.84 Å². The molecule has 0 amide bonds. The standard InChI is InChI=1S/C16H27NO2/c1-12-6-8-14(9-7-12)13(2)17-10-15(18)11-19-16(3,4)5/h6-9,13,15,17-18H,10-11H2,1-5H3/t13-,15?/m0/s1. The number of hydrogen-bond donors (Lipinski definition) is 2. The zero-order valence-corrected chi connectivity index (χ0v) is 12.7. The molecule has 0 aliphatic heterocycles. The van der Waals surface area contributed by atoms with Gasteiger partial charge in [-0.3, -0.25) is 0 Å². The fourth-order valence-corrected chi connectivity index (χ4v) is 1.69. The normalized spacial score (nSPS) is 15.3. The van der Waals surface area contributed by atoms with Crippen LogP contribution in [0.4, 0.5) is 0 Å². The Morgan fingerprint density at radius 2 is 1.79 bits per heavy atom. The van der Waals surface area contributed by atoms with E-state index in [2.05, 4.69) is 43.4 Å². The van der Waals surface area contributed by atoms with E-state index in [1.807, 2.05) is 20.8 Å². The van der Waals surface area contributed by atoms with E-state index in [-0.39, 0.29) is 11.6 Å². The summed E-state index contributed by atoms with van der Waals surface area (Å²) in [4.78, 5) is 0. The minimum absolute atomic E-state index is 0.205. The van der Waals surface area contributed by atoms with E-state index in [9.17, 15) is 5.11 Å². The molecular formula is C16H27NO2. The Morgan fingerprint density at radius 1 is 1.21 bits per heavy atom. The van der Waals surface area contributed by atoms with Crippen molar-refractivity contribution in [1.82, 2.24) is 5.32 Å². The monoisotopic (exact) mass is 265 g/mol. The highest BCUT2D eigenvalue weighted by Gasteiger charge is 2.14. The highest BCUT2D eigenvalue weighted by atomic mass is 16.5. The molecule has 0 heterocycles. The molecule has 1 unspecified atom stereocenters. The maximum atomic E-state index is 9.86. The molecule has 108 valence electrons. The lowest BCUT2D eigenvalue weighted by Gasteiger charge is -2.23. The number of rotatable bonds is 6. The van der Waals surface area contributed by atoms with Crippen molar-refractivity contribution in [3.63, 3.8) is 0 Å². The van der Waals surface area contributed by atoms with Gasteiger partial charge in [-0.05, 0) is 40.2 Å². The molecule has 0 radical (unpaired) electrons. The first-order chi connectivity index (χ1) is 8.78. The quantitative estimate of drug-likeness (QED) is 0.831. The lowest BCUT2D eigenvalue weighted by atomic mass is 10.1. The van der Waals surface area contributed by atoms with Crippen LogP contribution >= 0.6 is 0 Å². The van der Waals surface area contributed by atoms with Crippen LogP contribution in [0.3, 0.4) is 0 Å². The maximum absolute atomic E-state index is 9.86. The molecule has 0 saturated heterocycles. The molecule has 1 aromatic carbocycles. The van der Waals surface area contributed by atoms with Crippen LogP contribution in [0.2, 0.25) is 0 Å². The van der Waals surface area contributed by atoms with E-state index >= 15 is 0 Å². The molecule has 0 aromatic heterocycles. The van der Waals surface area contributed by atoms with E-state index in [0.29, 0.717) is 13.2 Å². The molecule has 3 heteroatoms. The van der Waals surface area contributed by atoms with Crippen LogP contribution in [0.5, 0.6) is 0 Å². The minimum atomic E-state index is -0.480. The minimum Gasteiger partial charge on any atom is -0.389 e. The summed E-state index contributed by atoms with van der Waals surface area (Å²) >= 11 is 0. The van der Waals surface area contributed by atoms with Gasteiger partial charge in [-0.2, -0.15) is 0 Å². The van der Waals surface area contributed by atoms with Crippen molar-refractivity contribution in [3.05, 3.63) is 35.4 Å². The molecule has 0 saturated carbocycles. The Labute approximate surface area is 117 Å². The average Bonchev–Trinajstić information content (AvgIpc) is 2.33. The maximum Gasteiger partial charge on any atom is 0.0898 e. The number of aryl methyl sites for hydroxylation is 1. The molecule has 2 N–H and O–H groups in total. The van der Waals surface area contributed by atoms with Crippen LogP contribution in [-0.4, -0.2) is 30.0 Å². The summed E-state index contributed by atoms with van der Waals surface area (Å²) in [5.41, 5.74) is 2.29. The Bertz CT molecular complexity index is 367. The summed E-state index contributed by atoms with van der Waals surface area (Å²) in [5, 5.41) is 13.2. The van der Waals surface area contributed by atoms with E-state index < -0.39 is 6.10 Å². The van der Waals surface area contributed by atoms with Gasteiger partial charge in [0, 0.05) is 12.6 Å². The average molecular weight is 265 g/mol. The fourth-order valence-electron chi connectivity index (χ4n) is 1.69. The Balaban J connectivity index is 2.33. The zero-order valence-electron chi connectivity index (χ0n) is 12.7. The van der Waals surface area contributed by atoms with Crippen LogP contribution < -0.4 is 5.32 Å². The van der Waals surface area contributed by atoms with Crippen LogP contribution in [-0.2, 0) is 4.74 Å². The predicted molar refractivity (Wildman–Crippen MR) is 79.3 cm³/mol.